The molecular weight excluding hydrogens is 358 g/mol. The number of rotatable bonds is 4. The first kappa shape index (κ1) is 17.9. The van der Waals surface area contributed by atoms with Gasteiger partial charge in [-0.25, -0.2) is 9.97 Å². The number of fused-ring (bicyclic) bond motifs is 1. The van der Waals surface area contributed by atoms with Crippen molar-refractivity contribution in [3.05, 3.63) is 66.0 Å². The highest BCUT2D eigenvalue weighted by molar-refractivity contribution is 8.00. The molecule has 0 radical (unpaired) electrons. The van der Waals surface area contributed by atoms with Gasteiger partial charge in [0.25, 0.3) is 0 Å². The molecule has 138 valence electrons. The summed E-state index contributed by atoms with van der Waals surface area (Å²) in [5.41, 5.74) is 1.89. The van der Waals surface area contributed by atoms with E-state index in [4.69, 9.17) is 4.74 Å². The van der Waals surface area contributed by atoms with Crippen LogP contribution in [0.25, 0.3) is 10.9 Å². The van der Waals surface area contributed by atoms with Crippen LogP contribution in [0.3, 0.4) is 0 Å². The van der Waals surface area contributed by atoms with E-state index in [2.05, 4.69) is 9.97 Å². The van der Waals surface area contributed by atoms with E-state index in [9.17, 15) is 4.79 Å². The summed E-state index contributed by atoms with van der Waals surface area (Å²) in [5, 5.41) is 1.47. The molecule has 0 unspecified atom stereocenters. The van der Waals surface area contributed by atoms with E-state index >= 15 is 0 Å². The number of ether oxygens (including phenoxy) is 1. The molecule has 0 bridgehead atoms. The van der Waals surface area contributed by atoms with E-state index < -0.39 is 0 Å². The minimum atomic E-state index is -0.345. The van der Waals surface area contributed by atoms with Crippen LogP contribution in [0.15, 0.2) is 59.6 Å². The number of carbonyl (C=O) groups excluding carboxylic acids is 1. The number of hydrogen-bond acceptors (Lipinski definition) is 5. The second-order valence-corrected chi connectivity index (χ2v) is 7.53. The third-order valence-corrected chi connectivity index (χ3v) is 5.80. The zero-order valence-corrected chi connectivity index (χ0v) is 16.0. The van der Waals surface area contributed by atoms with Crippen LogP contribution in [0.5, 0.6) is 0 Å². The molecule has 0 N–H and O–H groups in total. The number of para-hydroxylation sites is 1. The summed E-state index contributed by atoms with van der Waals surface area (Å²) in [7, 11) is 0. The van der Waals surface area contributed by atoms with Gasteiger partial charge in [-0.15, -0.1) is 0 Å². The molecule has 2 heterocycles. The number of aryl methyl sites for hydroxylation is 1. The molecule has 0 aliphatic carbocycles. The van der Waals surface area contributed by atoms with Gasteiger partial charge < -0.3 is 9.64 Å². The number of nitrogens with zero attached hydrogens (tertiary/aromatic N) is 3. The van der Waals surface area contributed by atoms with Gasteiger partial charge in [0.1, 0.15) is 16.1 Å². The highest BCUT2D eigenvalue weighted by Crippen LogP contribution is 2.38. The van der Waals surface area contributed by atoms with E-state index in [0.29, 0.717) is 32.1 Å². The van der Waals surface area contributed by atoms with Crippen molar-refractivity contribution in [1.29, 1.82) is 0 Å². The fourth-order valence-corrected chi connectivity index (χ4v) is 4.45. The SMILES string of the molecule is Cc1nc(S[C@H](C(=O)N2CCOCC2)c2ccccc2)c2ccccc2n1. The molecular formula is C21H21N3O2S. The third-order valence-electron chi connectivity index (χ3n) is 4.56. The minimum absolute atomic E-state index is 0.106. The summed E-state index contributed by atoms with van der Waals surface area (Å²) in [6.45, 7) is 4.33. The summed E-state index contributed by atoms with van der Waals surface area (Å²) in [4.78, 5) is 24.4. The Balaban J connectivity index is 1.73. The average Bonchev–Trinajstić information content (AvgIpc) is 2.72. The van der Waals surface area contributed by atoms with E-state index in [1.807, 2.05) is 66.4 Å². The minimum Gasteiger partial charge on any atom is -0.378 e. The van der Waals surface area contributed by atoms with Gasteiger partial charge in [0.15, 0.2) is 0 Å². The van der Waals surface area contributed by atoms with Gasteiger partial charge in [0.05, 0.1) is 18.7 Å². The summed E-state index contributed by atoms with van der Waals surface area (Å²) in [6, 6.07) is 17.9. The Hall–Kier alpha value is -2.44. The first-order valence-electron chi connectivity index (χ1n) is 9.04. The number of aromatic nitrogens is 2. The molecule has 1 aliphatic rings. The Labute approximate surface area is 162 Å². The molecule has 27 heavy (non-hydrogen) atoms. The fourth-order valence-electron chi connectivity index (χ4n) is 3.20. The van der Waals surface area contributed by atoms with Crippen LogP contribution in [0, 0.1) is 6.92 Å². The van der Waals surface area contributed by atoms with Gasteiger partial charge in [0.2, 0.25) is 5.91 Å². The molecule has 0 spiro atoms. The standard InChI is InChI=1S/C21H21N3O2S/c1-15-22-18-10-6-5-9-17(18)20(23-15)27-19(16-7-3-2-4-8-16)21(25)24-11-13-26-14-12-24/h2-10,19H,11-14H2,1H3/t19-/m0/s1. The summed E-state index contributed by atoms with van der Waals surface area (Å²) in [5.74, 6) is 0.816. The first-order chi connectivity index (χ1) is 13.2. The molecule has 0 saturated carbocycles. The third kappa shape index (κ3) is 3.96. The van der Waals surface area contributed by atoms with Crippen LogP contribution in [0.1, 0.15) is 16.6 Å². The van der Waals surface area contributed by atoms with E-state index in [1.165, 1.54) is 11.8 Å². The molecule has 1 amide bonds. The van der Waals surface area contributed by atoms with Gasteiger partial charge in [-0.1, -0.05) is 60.3 Å². The highest BCUT2D eigenvalue weighted by atomic mass is 32.2. The maximum atomic E-state index is 13.3. The predicted molar refractivity (Wildman–Crippen MR) is 107 cm³/mol. The van der Waals surface area contributed by atoms with Gasteiger partial charge in [0, 0.05) is 18.5 Å². The molecule has 1 saturated heterocycles. The summed E-state index contributed by atoms with van der Waals surface area (Å²) in [6.07, 6.45) is 0. The van der Waals surface area contributed by atoms with Crippen molar-refractivity contribution in [3.63, 3.8) is 0 Å². The average molecular weight is 379 g/mol. The molecule has 5 nitrogen and oxygen atoms in total. The van der Waals surface area contributed by atoms with Crippen LogP contribution in [0.2, 0.25) is 0 Å². The number of morpholine rings is 1. The number of amides is 1. The second kappa shape index (κ2) is 8.06. The van der Waals surface area contributed by atoms with E-state index in [1.54, 1.807) is 0 Å². The topological polar surface area (TPSA) is 55.3 Å². The lowest BCUT2D eigenvalue weighted by Gasteiger charge is -2.30. The normalized spacial score (nSPS) is 15.7. The van der Waals surface area contributed by atoms with Crippen molar-refractivity contribution in [3.8, 4) is 0 Å². The fraction of sp³-hybridized carbons (Fsp3) is 0.286. The van der Waals surface area contributed by atoms with Gasteiger partial charge in [-0.2, -0.15) is 0 Å². The van der Waals surface area contributed by atoms with E-state index in [0.717, 1.165) is 21.5 Å². The molecule has 3 aromatic rings. The first-order valence-corrected chi connectivity index (χ1v) is 9.92. The molecule has 4 rings (SSSR count). The Bertz CT molecular complexity index is 943. The monoisotopic (exact) mass is 379 g/mol. The summed E-state index contributed by atoms with van der Waals surface area (Å²) < 4.78 is 5.41. The number of hydrogen-bond donors (Lipinski definition) is 0. The Morgan fingerprint density at radius 1 is 1.04 bits per heavy atom. The van der Waals surface area contributed by atoms with E-state index in [-0.39, 0.29) is 11.2 Å². The highest BCUT2D eigenvalue weighted by Gasteiger charge is 2.29. The maximum Gasteiger partial charge on any atom is 0.240 e. The number of benzene rings is 2. The van der Waals surface area contributed by atoms with Crippen LogP contribution < -0.4 is 0 Å². The van der Waals surface area contributed by atoms with Gasteiger partial charge in [-0.05, 0) is 18.6 Å². The lowest BCUT2D eigenvalue weighted by Crippen LogP contribution is -2.42. The largest absolute Gasteiger partial charge is 0.378 e. The predicted octanol–water partition coefficient (Wildman–Crippen LogP) is 3.63. The molecule has 2 aromatic carbocycles. The van der Waals surface area contributed by atoms with Crippen molar-refractivity contribution in [2.75, 3.05) is 26.3 Å². The van der Waals surface area contributed by atoms with Crippen molar-refractivity contribution < 1.29 is 9.53 Å². The quantitative estimate of drug-likeness (QED) is 0.512. The molecule has 1 fully saturated rings. The Morgan fingerprint density at radius 3 is 2.52 bits per heavy atom. The lowest BCUT2D eigenvalue weighted by molar-refractivity contribution is -0.134. The van der Waals surface area contributed by atoms with Crippen molar-refractivity contribution in [1.82, 2.24) is 14.9 Å². The second-order valence-electron chi connectivity index (χ2n) is 6.44. The number of carbonyl (C=O) groups is 1. The molecule has 1 atom stereocenters. The van der Waals surface area contributed by atoms with Crippen LogP contribution in [0.4, 0.5) is 0 Å². The van der Waals surface area contributed by atoms with Crippen molar-refractivity contribution in [2.45, 2.75) is 17.2 Å². The lowest BCUT2D eigenvalue weighted by atomic mass is 10.1. The zero-order valence-electron chi connectivity index (χ0n) is 15.2. The van der Waals surface area contributed by atoms with Gasteiger partial charge in [-0.3, -0.25) is 4.79 Å². The smallest absolute Gasteiger partial charge is 0.240 e. The number of thioether (sulfide) groups is 1. The Kier molecular flexibility index (Phi) is 5.36. The molecule has 6 heteroatoms. The summed E-state index contributed by atoms with van der Waals surface area (Å²) >= 11 is 1.50. The maximum absolute atomic E-state index is 13.3. The van der Waals surface area contributed by atoms with Crippen molar-refractivity contribution >= 4 is 28.6 Å². The Morgan fingerprint density at radius 2 is 1.74 bits per heavy atom. The van der Waals surface area contributed by atoms with Gasteiger partial charge >= 0.3 is 0 Å². The van der Waals surface area contributed by atoms with Crippen molar-refractivity contribution in [2.24, 2.45) is 0 Å². The van der Waals surface area contributed by atoms with Crippen LogP contribution in [-0.2, 0) is 9.53 Å². The van der Waals surface area contributed by atoms with Crippen LogP contribution >= 0.6 is 11.8 Å². The van der Waals surface area contributed by atoms with Crippen LogP contribution in [-0.4, -0.2) is 47.1 Å². The zero-order chi connectivity index (χ0) is 18.6. The molecule has 1 aromatic heterocycles. The molecule has 1 aliphatic heterocycles.